The van der Waals surface area contributed by atoms with Crippen LogP contribution in [-0.4, -0.2) is 0 Å². The summed E-state index contributed by atoms with van der Waals surface area (Å²) in [4.78, 5) is 0. The Balaban J connectivity index is 3.08. The van der Waals surface area contributed by atoms with Crippen molar-refractivity contribution in [3.05, 3.63) is 21.0 Å². The summed E-state index contributed by atoms with van der Waals surface area (Å²) in [7, 11) is 0. The van der Waals surface area contributed by atoms with Crippen molar-refractivity contribution in [1.29, 1.82) is 0 Å². The SMILES string of the molecule is CC(C)(C)c1cc(Br)c(Br)o1. The van der Waals surface area contributed by atoms with Crippen molar-refractivity contribution in [2.45, 2.75) is 26.2 Å². The van der Waals surface area contributed by atoms with Gasteiger partial charge in [0.05, 0.1) is 4.47 Å². The molecule has 0 radical (unpaired) electrons. The Morgan fingerprint density at radius 2 is 1.82 bits per heavy atom. The van der Waals surface area contributed by atoms with Crippen molar-refractivity contribution in [3.63, 3.8) is 0 Å². The first kappa shape index (κ1) is 9.33. The molecule has 0 N–H and O–H groups in total. The summed E-state index contributed by atoms with van der Waals surface area (Å²) in [5.74, 6) is 0.983. The van der Waals surface area contributed by atoms with Gasteiger partial charge in [0.2, 0.25) is 0 Å². The summed E-state index contributed by atoms with van der Waals surface area (Å²) in [5, 5.41) is 0. The molecule has 0 spiro atoms. The second-order valence-corrected chi connectivity index (χ2v) is 5.06. The Labute approximate surface area is 83.4 Å². The summed E-state index contributed by atoms with van der Waals surface area (Å²) >= 11 is 6.66. The molecule has 1 heterocycles. The molecule has 1 aromatic heterocycles. The van der Waals surface area contributed by atoms with E-state index in [0.29, 0.717) is 0 Å². The van der Waals surface area contributed by atoms with Crippen molar-refractivity contribution < 1.29 is 4.42 Å². The second-order valence-electron chi connectivity index (χ2n) is 3.48. The molecule has 0 saturated carbocycles. The maximum atomic E-state index is 5.45. The molecule has 62 valence electrons. The van der Waals surface area contributed by atoms with Gasteiger partial charge in [-0.15, -0.1) is 0 Å². The number of hydrogen-bond acceptors (Lipinski definition) is 1. The van der Waals surface area contributed by atoms with Gasteiger partial charge in [0.25, 0.3) is 0 Å². The van der Waals surface area contributed by atoms with Gasteiger partial charge in [0.1, 0.15) is 5.76 Å². The van der Waals surface area contributed by atoms with Crippen LogP contribution in [0.25, 0.3) is 0 Å². The van der Waals surface area contributed by atoms with Crippen LogP contribution in [0.1, 0.15) is 26.5 Å². The molecular weight excluding hydrogens is 272 g/mol. The number of furan rings is 1. The van der Waals surface area contributed by atoms with Crippen molar-refractivity contribution in [3.8, 4) is 0 Å². The molecule has 11 heavy (non-hydrogen) atoms. The topological polar surface area (TPSA) is 13.1 Å². The normalized spacial score (nSPS) is 12.1. The Kier molecular flexibility index (Phi) is 2.49. The molecule has 1 rings (SSSR count). The lowest BCUT2D eigenvalue weighted by Crippen LogP contribution is -2.08. The zero-order valence-corrected chi connectivity index (χ0v) is 9.91. The molecule has 0 unspecified atom stereocenters. The minimum absolute atomic E-state index is 0.0779. The molecule has 0 aliphatic rings. The zero-order chi connectivity index (χ0) is 8.65. The summed E-state index contributed by atoms with van der Waals surface area (Å²) in [6, 6.07) is 1.99. The monoisotopic (exact) mass is 280 g/mol. The highest BCUT2D eigenvalue weighted by atomic mass is 79.9. The Morgan fingerprint density at radius 1 is 1.27 bits per heavy atom. The molecule has 0 amide bonds. The van der Waals surface area contributed by atoms with Crippen molar-refractivity contribution in [2.24, 2.45) is 0 Å². The molecule has 1 nitrogen and oxygen atoms in total. The first-order valence-corrected chi connectivity index (χ1v) is 4.95. The highest BCUT2D eigenvalue weighted by molar-refractivity contribution is 9.13. The van der Waals surface area contributed by atoms with Gasteiger partial charge in [0.15, 0.2) is 4.67 Å². The van der Waals surface area contributed by atoms with Crippen LogP contribution in [0.3, 0.4) is 0 Å². The summed E-state index contributed by atoms with van der Waals surface area (Å²) in [5.41, 5.74) is 0.0779. The van der Waals surface area contributed by atoms with E-state index in [1.807, 2.05) is 6.07 Å². The number of hydrogen-bond donors (Lipinski definition) is 0. The molecule has 0 aliphatic heterocycles. The largest absolute Gasteiger partial charge is 0.453 e. The van der Waals surface area contributed by atoms with E-state index < -0.39 is 0 Å². The van der Waals surface area contributed by atoms with E-state index in [4.69, 9.17) is 4.42 Å². The summed E-state index contributed by atoms with van der Waals surface area (Å²) < 4.78 is 7.19. The molecule has 0 aliphatic carbocycles. The summed E-state index contributed by atoms with van der Waals surface area (Å²) in [6.45, 7) is 6.35. The van der Waals surface area contributed by atoms with Crippen LogP contribution >= 0.6 is 31.9 Å². The van der Waals surface area contributed by atoms with Crippen LogP contribution in [0.15, 0.2) is 19.6 Å². The highest BCUT2D eigenvalue weighted by Crippen LogP contribution is 2.33. The fourth-order valence-electron chi connectivity index (χ4n) is 0.716. The standard InChI is InChI=1S/C8H10Br2O/c1-8(2,3)6-4-5(9)7(10)11-6/h4H,1-3H3. The van der Waals surface area contributed by atoms with Gasteiger partial charge in [-0.3, -0.25) is 0 Å². The molecular formula is C8H10Br2O. The fourth-order valence-corrected chi connectivity index (χ4v) is 1.29. The molecule has 0 atom stereocenters. The van der Waals surface area contributed by atoms with Crippen LogP contribution < -0.4 is 0 Å². The minimum atomic E-state index is 0.0779. The van der Waals surface area contributed by atoms with E-state index in [-0.39, 0.29) is 5.41 Å². The second kappa shape index (κ2) is 2.94. The summed E-state index contributed by atoms with van der Waals surface area (Å²) in [6.07, 6.45) is 0. The van der Waals surface area contributed by atoms with Gasteiger partial charge in [0, 0.05) is 5.41 Å². The van der Waals surface area contributed by atoms with E-state index >= 15 is 0 Å². The van der Waals surface area contributed by atoms with Gasteiger partial charge in [-0.25, -0.2) is 0 Å². The number of rotatable bonds is 0. The molecule has 0 fully saturated rings. The van der Waals surface area contributed by atoms with Crippen LogP contribution in [0.2, 0.25) is 0 Å². The van der Waals surface area contributed by atoms with Crippen LogP contribution in [-0.2, 0) is 5.41 Å². The van der Waals surface area contributed by atoms with E-state index in [1.165, 1.54) is 0 Å². The molecule has 3 heteroatoms. The van der Waals surface area contributed by atoms with Crippen LogP contribution in [0.5, 0.6) is 0 Å². The maximum Gasteiger partial charge on any atom is 0.183 e. The fraction of sp³-hybridized carbons (Fsp3) is 0.500. The van der Waals surface area contributed by atoms with Crippen molar-refractivity contribution >= 4 is 31.9 Å². The van der Waals surface area contributed by atoms with Crippen LogP contribution in [0, 0.1) is 0 Å². The van der Waals surface area contributed by atoms with Crippen LogP contribution in [0.4, 0.5) is 0 Å². The third kappa shape index (κ3) is 2.09. The molecule has 0 aromatic carbocycles. The lowest BCUT2D eigenvalue weighted by Gasteiger charge is -2.13. The van der Waals surface area contributed by atoms with Gasteiger partial charge in [-0.1, -0.05) is 20.8 Å². The predicted molar refractivity (Wildman–Crippen MR) is 52.8 cm³/mol. The quantitative estimate of drug-likeness (QED) is 0.698. The van der Waals surface area contributed by atoms with E-state index in [0.717, 1.165) is 14.9 Å². The highest BCUT2D eigenvalue weighted by Gasteiger charge is 2.19. The Hall–Kier alpha value is 0.240. The number of halogens is 2. The van der Waals surface area contributed by atoms with Gasteiger partial charge in [-0.05, 0) is 37.9 Å². The maximum absolute atomic E-state index is 5.45. The molecule has 0 saturated heterocycles. The zero-order valence-electron chi connectivity index (χ0n) is 6.74. The van der Waals surface area contributed by atoms with E-state index in [9.17, 15) is 0 Å². The predicted octanol–water partition coefficient (Wildman–Crippen LogP) is 4.10. The molecule has 1 aromatic rings. The molecule has 0 bridgehead atoms. The van der Waals surface area contributed by atoms with Gasteiger partial charge < -0.3 is 4.42 Å². The third-order valence-corrected chi connectivity index (χ3v) is 3.09. The third-order valence-electron chi connectivity index (χ3n) is 1.38. The van der Waals surface area contributed by atoms with E-state index in [2.05, 4.69) is 52.6 Å². The van der Waals surface area contributed by atoms with E-state index in [1.54, 1.807) is 0 Å². The van der Waals surface area contributed by atoms with Gasteiger partial charge >= 0.3 is 0 Å². The first-order chi connectivity index (χ1) is 4.91. The lowest BCUT2D eigenvalue weighted by atomic mass is 9.94. The van der Waals surface area contributed by atoms with Crippen molar-refractivity contribution in [1.82, 2.24) is 0 Å². The lowest BCUT2D eigenvalue weighted by molar-refractivity contribution is 0.397. The average molecular weight is 282 g/mol. The Bertz CT molecular complexity index is 238. The smallest absolute Gasteiger partial charge is 0.183 e. The first-order valence-electron chi connectivity index (χ1n) is 3.36. The average Bonchev–Trinajstić information content (AvgIpc) is 2.11. The minimum Gasteiger partial charge on any atom is -0.453 e. The van der Waals surface area contributed by atoms with Crippen molar-refractivity contribution in [2.75, 3.05) is 0 Å². The Morgan fingerprint density at radius 3 is 2.00 bits per heavy atom. The van der Waals surface area contributed by atoms with Gasteiger partial charge in [-0.2, -0.15) is 0 Å².